The van der Waals surface area contributed by atoms with Gasteiger partial charge in [0.25, 0.3) is 0 Å². The maximum Gasteiger partial charge on any atom is 0.309 e. The minimum absolute atomic E-state index is 0.213. The topological polar surface area (TPSA) is 95.3 Å². The number of nitrogens with zero attached hydrogens (tertiary/aromatic N) is 6. The second-order valence-corrected chi connectivity index (χ2v) is 7.29. The number of aromatic nitrogens is 5. The van der Waals surface area contributed by atoms with Crippen LogP contribution in [0.4, 0.5) is 5.82 Å². The average Bonchev–Trinajstić information content (AvgIpc) is 3.20. The number of rotatable bonds is 8. The number of benzene rings is 1. The lowest BCUT2D eigenvalue weighted by molar-refractivity contribution is -0.139. The number of aryl methyl sites for hydroxylation is 1. The predicted molar refractivity (Wildman–Crippen MR) is 120 cm³/mol. The molecule has 0 N–H and O–H groups in total. The van der Waals surface area contributed by atoms with Crippen molar-refractivity contribution < 1.29 is 14.3 Å². The molecule has 0 saturated carbocycles. The minimum Gasteiger partial charge on any atom is -0.492 e. The van der Waals surface area contributed by atoms with Crippen molar-refractivity contribution in [3.05, 3.63) is 60.6 Å². The number of methoxy groups -OCH3 is 1. The lowest BCUT2D eigenvalue weighted by Gasteiger charge is -2.20. The van der Waals surface area contributed by atoms with Crippen molar-refractivity contribution in [1.29, 1.82) is 0 Å². The third-order valence-corrected chi connectivity index (χ3v) is 5.02. The van der Waals surface area contributed by atoms with Crippen molar-refractivity contribution in [2.75, 3.05) is 32.2 Å². The van der Waals surface area contributed by atoms with Gasteiger partial charge in [0.2, 0.25) is 0 Å². The summed E-state index contributed by atoms with van der Waals surface area (Å²) < 4.78 is 12.4. The van der Waals surface area contributed by atoms with Crippen LogP contribution in [0.15, 0.2) is 55.0 Å². The van der Waals surface area contributed by atoms with Crippen molar-refractivity contribution in [1.82, 2.24) is 24.7 Å². The van der Waals surface area contributed by atoms with E-state index in [2.05, 4.69) is 15.1 Å². The third-order valence-electron chi connectivity index (χ3n) is 5.02. The number of carbonyl (C=O) groups excluding carboxylic acids is 1. The molecule has 0 aliphatic carbocycles. The van der Waals surface area contributed by atoms with E-state index in [0.29, 0.717) is 24.7 Å². The Morgan fingerprint density at radius 2 is 2.03 bits per heavy atom. The van der Waals surface area contributed by atoms with E-state index >= 15 is 0 Å². The van der Waals surface area contributed by atoms with Crippen LogP contribution >= 0.6 is 0 Å². The molecule has 0 saturated heterocycles. The third kappa shape index (κ3) is 4.66. The molecule has 0 amide bonds. The van der Waals surface area contributed by atoms with Crippen molar-refractivity contribution in [3.8, 4) is 17.1 Å². The number of esters is 1. The molecule has 0 aliphatic rings. The first kappa shape index (κ1) is 21.2. The van der Waals surface area contributed by atoms with Gasteiger partial charge in [0.05, 0.1) is 31.7 Å². The molecule has 0 atom stereocenters. The highest BCUT2D eigenvalue weighted by molar-refractivity contribution is 5.88. The highest BCUT2D eigenvalue weighted by Crippen LogP contribution is 2.26. The summed E-state index contributed by atoms with van der Waals surface area (Å²) in [6.07, 6.45) is 5.44. The molecule has 4 rings (SSSR count). The fourth-order valence-corrected chi connectivity index (χ4v) is 3.31. The van der Waals surface area contributed by atoms with Crippen LogP contribution in [-0.2, 0) is 23.0 Å². The summed E-state index contributed by atoms with van der Waals surface area (Å²) in [5.74, 6) is 1.78. The maximum absolute atomic E-state index is 11.5. The quantitative estimate of drug-likeness (QED) is 0.392. The Balaban J connectivity index is 1.50. The average molecular weight is 432 g/mol. The van der Waals surface area contributed by atoms with Gasteiger partial charge in [0.1, 0.15) is 18.2 Å². The van der Waals surface area contributed by atoms with Gasteiger partial charge in [0, 0.05) is 32.1 Å². The number of ether oxygens (including phenoxy) is 2. The molecule has 3 heterocycles. The van der Waals surface area contributed by atoms with Crippen LogP contribution in [0.25, 0.3) is 22.4 Å². The first-order chi connectivity index (χ1) is 15.5. The standard InChI is InChI=1S/C23H24N6O3/c1-28(10-11-32-18-8-4-6-16(12-18)13-20(30)31-3)22-19-15-25-29(2)23(19)27-21(26-22)17-7-5-9-24-14-17/h4-9,12,14-15H,10-11,13H2,1-3H3. The van der Waals surface area contributed by atoms with E-state index in [1.807, 2.05) is 55.4 Å². The monoisotopic (exact) mass is 432 g/mol. The largest absolute Gasteiger partial charge is 0.492 e. The fraction of sp³-hybridized carbons (Fsp3) is 0.261. The van der Waals surface area contributed by atoms with E-state index in [1.54, 1.807) is 23.3 Å². The molecule has 0 fully saturated rings. The van der Waals surface area contributed by atoms with Gasteiger partial charge in [-0.25, -0.2) is 9.97 Å². The zero-order chi connectivity index (χ0) is 22.5. The summed E-state index contributed by atoms with van der Waals surface area (Å²) in [7, 11) is 5.19. The number of carbonyl (C=O) groups is 1. The van der Waals surface area contributed by atoms with Gasteiger partial charge in [-0.3, -0.25) is 14.5 Å². The van der Waals surface area contributed by atoms with E-state index in [-0.39, 0.29) is 12.4 Å². The van der Waals surface area contributed by atoms with Gasteiger partial charge in [-0.05, 0) is 29.8 Å². The van der Waals surface area contributed by atoms with Crippen LogP contribution in [0.3, 0.4) is 0 Å². The highest BCUT2D eigenvalue weighted by atomic mass is 16.5. The number of likely N-dealkylation sites (N-methyl/N-ethyl adjacent to an activating group) is 1. The summed E-state index contributed by atoms with van der Waals surface area (Å²) in [5, 5.41) is 5.21. The molecule has 164 valence electrons. The summed E-state index contributed by atoms with van der Waals surface area (Å²) in [4.78, 5) is 27.1. The fourth-order valence-electron chi connectivity index (χ4n) is 3.31. The maximum atomic E-state index is 11.5. The minimum atomic E-state index is -0.282. The Labute approximate surface area is 185 Å². The summed E-state index contributed by atoms with van der Waals surface area (Å²) in [5.41, 5.74) is 2.43. The zero-order valence-corrected chi connectivity index (χ0v) is 18.2. The van der Waals surface area contributed by atoms with E-state index in [4.69, 9.17) is 14.5 Å². The highest BCUT2D eigenvalue weighted by Gasteiger charge is 2.16. The molecular weight excluding hydrogens is 408 g/mol. The van der Waals surface area contributed by atoms with Gasteiger partial charge >= 0.3 is 5.97 Å². The SMILES string of the molecule is COC(=O)Cc1cccc(OCCN(C)c2nc(-c3cccnc3)nc3c2cnn3C)c1. The van der Waals surface area contributed by atoms with E-state index < -0.39 is 0 Å². The first-order valence-electron chi connectivity index (χ1n) is 10.1. The Hall–Kier alpha value is -4.01. The van der Waals surface area contributed by atoms with E-state index in [1.165, 1.54) is 7.11 Å². The Kier molecular flexibility index (Phi) is 6.25. The molecule has 32 heavy (non-hydrogen) atoms. The van der Waals surface area contributed by atoms with Crippen molar-refractivity contribution in [2.24, 2.45) is 7.05 Å². The lowest BCUT2D eigenvalue weighted by atomic mass is 10.1. The van der Waals surface area contributed by atoms with Crippen molar-refractivity contribution >= 4 is 22.8 Å². The lowest BCUT2D eigenvalue weighted by Crippen LogP contribution is -2.25. The number of fused-ring (bicyclic) bond motifs is 1. The van der Waals surface area contributed by atoms with Crippen LogP contribution < -0.4 is 9.64 Å². The van der Waals surface area contributed by atoms with E-state index in [9.17, 15) is 4.79 Å². The molecule has 9 nitrogen and oxygen atoms in total. The Morgan fingerprint density at radius 3 is 2.81 bits per heavy atom. The van der Waals surface area contributed by atoms with Crippen LogP contribution in [0.1, 0.15) is 5.56 Å². The van der Waals surface area contributed by atoms with Crippen molar-refractivity contribution in [3.63, 3.8) is 0 Å². The molecule has 0 radical (unpaired) electrons. The summed E-state index contributed by atoms with van der Waals surface area (Å²) >= 11 is 0. The number of hydrogen-bond donors (Lipinski definition) is 0. The van der Waals surface area contributed by atoms with Gasteiger partial charge < -0.3 is 14.4 Å². The molecule has 0 spiro atoms. The Bertz CT molecular complexity index is 1230. The van der Waals surface area contributed by atoms with Crippen LogP contribution in [0.2, 0.25) is 0 Å². The van der Waals surface area contributed by atoms with Gasteiger partial charge in [-0.15, -0.1) is 0 Å². The summed E-state index contributed by atoms with van der Waals surface area (Å²) in [6.45, 7) is 1.03. The molecule has 4 aromatic rings. The normalized spacial score (nSPS) is 10.8. The van der Waals surface area contributed by atoms with Gasteiger partial charge in [-0.1, -0.05) is 12.1 Å². The number of pyridine rings is 1. The molecule has 1 aromatic carbocycles. The molecule has 3 aromatic heterocycles. The first-order valence-corrected chi connectivity index (χ1v) is 10.1. The molecule has 0 bridgehead atoms. The van der Waals surface area contributed by atoms with Crippen molar-refractivity contribution in [2.45, 2.75) is 6.42 Å². The van der Waals surface area contributed by atoms with Gasteiger partial charge in [-0.2, -0.15) is 5.10 Å². The molecule has 9 heteroatoms. The number of anilines is 1. The number of hydrogen-bond acceptors (Lipinski definition) is 8. The smallest absolute Gasteiger partial charge is 0.309 e. The van der Waals surface area contributed by atoms with Crippen LogP contribution in [0, 0.1) is 0 Å². The van der Waals surface area contributed by atoms with E-state index in [0.717, 1.165) is 28.0 Å². The zero-order valence-electron chi connectivity index (χ0n) is 18.2. The summed E-state index contributed by atoms with van der Waals surface area (Å²) in [6, 6.07) is 11.2. The Morgan fingerprint density at radius 1 is 1.16 bits per heavy atom. The van der Waals surface area contributed by atoms with Crippen LogP contribution in [0.5, 0.6) is 5.75 Å². The molecule has 0 aliphatic heterocycles. The molecule has 0 unspecified atom stereocenters. The second-order valence-electron chi connectivity index (χ2n) is 7.29. The predicted octanol–water partition coefficient (Wildman–Crippen LogP) is 2.66. The van der Waals surface area contributed by atoms with Gasteiger partial charge in [0.15, 0.2) is 11.5 Å². The molecular formula is C23H24N6O3. The second kappa shape index (κ2) is 9.42. The van der Waals surface area contributed by atoms with Crippen LogP contribution in [-0.4, -0.2) is 58.0 Å².